The average molecular weight is 270 g/mol. The van der Waals surface area contributed by atoms with Crippen LogP contribution in [0.15, 0.2) is 36.4 Å². The lowest BCUT2D eigenvalue weighted by Crippen LogP contribution is -2.15. The molecular formula is C16H18N2O2. The maximum atomic E-state index is 12.3. The zero-order valence-electron chi connectivity index (χ0n) is 11.9. The quantitative estimate of drug-likeness (QED) is 0.842. The van der Waals surface area contributed by atoms with Gasteiger partial charge in [0.15, 0.2) is 0 Å². The highest BCUT2D eigenvalue weighted by Crippen LogP contribution is 2.26. The van der Waals surface area contributed by atoms with Gasteiger partial charge in [0.05, 0.1) is 18.4 Å². The van der Waals surface area contributed by atoms with Gasteiger partial charge >= 0.3 is 0 Å². The number of carbonyl (C=O) groups is 1. The maximum absolute atomic E-state index is 12.3. The summed E-state index contributed by atoms with van der Waals surface area (Å²) in [6.07, 6.45) is 0. The van der Waals surface area contributed by atoms with E-state index in [1.54, 1.807) is 19.2 Å². The highest BCUT2D eigenvalue weighted by Gasteiger charge is 2.12. The Kier molecular flexibility index (Phi) is 3.94. The molecular weight excluding hydrogens is 252 g/mol. The van der Waals surface area contributed by atoms with E-state index >= 15 is 0 Å². The fraction of sp³-hybridized carbons (Fsp3) is 0.188. The van der Waals surface area contributed by atoms with E-state index in [1.165, 1.54) is 0 Å². The van der Waals surface area contributed by atoms with Crippen molar-refractivity contribution >= 4 is 17.3 Å². The predicted octanol–water partition coefficient (Wildman–Crippen LogP) is 3.15. The van der Waals surface area contributed by atoms with Crippen LogP contribution in [0.3, 0.4) is 0 Å². The van der Waals surface area contributed by atoms with Crippen LogP contribution in [0.5, 0.6) is 5.75 Å². The van der Waals surface area contributed by atoms with Gasteiger partial charge in [0.25, 0.3) is 5.91 Å². The first-order chi connectivity index (χ1) is 9.51. The normalized spacial score (nSPS) is 10.2. The summed E-state index contributed by atoms with van der Waals surface area (Å²) < 4.78 is 5.27. The third kappa shape index (κ3) is 2.91. The van der Waals surface area contributed by atoms with Crippen LogP contribution in [0.25, 0.3) is 0 Å². The van der Waals surface area contributed by atoms with Gasteiger partial charge < -0.3 is 15.8 Å². The first kappa shape index (κ1) is 13.9. The lowest BCUT2D eigenvalue weighted by Gasteiger charge is -2.12. The Hall–Kier alpha value is -2.49. The number of carbonyl (C=O) groups excluding carboxylic acids is 1. The van der Waals surface area contributed by atoms with Crippen molar-refractivity contribution < 1.29 is 9.53 Å². The Bertz CT molecular complexity index is 651. The van der Waals surface area contributed by atoms with Crippen LogP contribution in [0, 0.1) is 13.8 Å². The largest absolute Gasteiger partial charge is 0.495 e. The predicted molar refractivity (Wildman–Crippen MR) is 81.3 cm³/mol. The molecule has 3 N–H and O–H groups in total. The summed E-state index contributed by atoms with van der Waals surface area (Å²) in [6.45, 7) is 3.88. The molecule has 1 amide bonds. The van der Waals surface area contributed by atoms with E-state index in [-0.39, 0.29) is 5.91 Å². The summed E-state index contributed by atoms with van der Waals surface area (Å²) in [5.74, 6) is 0.387. The molecule has 0 unspecified atom stereocenters. The second-order valence-corrected chi connectivity index (χ2v) is 4.75. The van der Waals surface area contributed by atoms with Crippen LogP contribution in [0.1, 0.15) is 21.5 Å². The van der Waals surface area contributed by atoms with Gasteiger partial charge in [0.1, 0.15) is 5.75 Å². The number of amides is 1. The summed E-state index contributed by atoms with van der Waals surface area (Å²) in [4.78, 5) is 12.3. The zero-order valence-corrected chi connectivity index (χ0v) is 11.9. The number of nitrogens with one attached hydrogen (secondary N) is 1. The van der Waals surface area contributed by atoms with E-state index in [0.717, 1.165) is 11.1 Å². The standard InChI is InChI=1S/C16H18N2O2/c1-10-4-6-13(17)12(8-10)16(19)18-14-7-5-11(2)9-15(14)20-3/h4-9H,17H2,1-3H3,(H,18,19). The van der Waals surface area contributed by atoms with Gasteiger partial charge in [-0.2, -0.15) is 0 Å². The van der Waals surface area contributed by atoms with E-state index in [2.05, 4.69) is 5.32 Å². The molecule has 2 aromatic carbocycles. The van der Waals surface area contributed by atoms with Crippen molar-refractivity contribution in [3.8, 4) is 5.75 Å². The van der Waals surface area contributed by atoms with Crippen LogP contribution in [-0.4, -0.2) is 13.0 Å². The monoisotopic (exact) mass is 270 g/mol. The number of methoxy groups -OCH3 is 1. The Morgan fingerprint density at radius 1 is 1.10 bits per heavy atom. The smallest absolute Gasteiger partial charge is 0.257 e. The molecule has 2 rings (SSSR count). The number of anilines is 2. The topological polar surface area (TPSA) is 64.3 Å². The van der Waals surface area contributed by atoms with Crippen molar-refractivity contribution in [2.45, 2.75) is 13.8 Å². The van der Waals surface area contributed by atoms with Gasteiger partial charge in [0.2, 0.25) is 0 Å². The lowest BCUT2D eigenvalue weighted by molar-refractivity contribution is 0.102. The fourth-order valence-electron chi connectivity index (χ4n) is 1.96. The Balaban J connectivity index is 2.30. The van der Waals surface area contributed by atoms with Crippen LogP contribution in [0.2, 0.25) is 0 Å². The molecule has 0 radical (unpaired) electrons. The van der Waals surface area contributed by atoms with Crippen molar-refractivity contribution in [3.05, 3.63) is 53.1 Å². The maximum Gasteiger partial charge on any atom is 0.257 e. The number of nitrogen functional groups attached to an aromatic ring is 1. The van der Waals surface area contributed by atoms with E-state index in [0.29, 0.717) is 22.7 Å². The second-order valence-electron chi connectivity index (χ2n) is 4.75. The molecule has 104 valence electrons. The van der Waals surface area contributed by atoms with Crippen molar-refractivity contribution in [3.63, 3.8) is 0 Å². The molecule has 0 heterocycles. The summed E-state index contributed by atoms with van der Waals surface area (Å²) in [5, 5.41) is 2.83. The number of aryl methyl sites for hydroxylation is 2. The van der Waals surface area contributed by atoms with E-state index in [1.807, 2.05) is 38.1 Å². The Morgan fingerprint density at radius 2 is 1.75 bits per heavy atom. The third-order valence-electron chi connectivity index (χ3n) is 3.06. The number of nitrogens with two attached hydrogens (primary N) is 1. The fourth-order valence-corrected chi connectivity index (χ4v) is 1.96. The zero-order chi connectivity index (χ0) is 14.7. The van der Waals surface area contributed by atoms with E-state index in [4.69, 9.17) is 10.5 Å². The molecule has 4 heteroatoms. The summed E-state index contributed by atoms with van der Waals surface area (Å²) in [5.41, 5.74) is 9.45. The number of benzene rings is 2. The molecule has 0 aromatic heterocycles. The molecule has 4 nitrogen and oxygen atoms in total. The highest BCUT2D eigenvalue weighted by molar-refractivity contribution is 6.08. The van der Waals surface area contributed by atoms with Crippen LogP contribution >= 0.6 is 0 Å². The molecule has 2 aromatic rings. The minimum atomic E-state index is -0.242. The second kappa shape index (κ2) is 5.65. The van der Waals surface area contributed by atoms with Gasteiger partial charge in [-0.25, -0.2) is 0 Å². The van der Waals surface area contributed by atoms with E-state index in [9.17, 15) is 4.79 Å². The van der Waals surface area contributed by atoms with Gasteiger partial charge in [-0.05, 0) is 43.7 Å². The molecule has 0 saturated heterocycles. The average Bonchev–Trinajstić information content (AvgIpc) is 2.43. The Labute approximate surface area is 118 Å². The summed E-state index contributed by atoms with van der Waals surface area (Å²) in [6, 6.07) is 11.0. The van der Waals surface area contributed by atoms with Crippen LogP contribution < -0.4 is 15.8 Å². The molecule has 0 saturated carbocycles. The minimum Gasteiger partial charge on any atom is -0.495 e. The molecule has 20 heavy (non-hydrogen) atoms. The van der Waals surface area contributed by atoms with Crippen molar-refractivity contribution in [1.29, 1.82) is 0 Å². The number of rotatable bonds is 3. The molecule has 0 spiro atoms. The lowest BCUT2D eigenvalue weighted by atomic mass is 10.1. The molecule has 0 atom stereocenters. The number of ether oxygens (including phenoxy) is 1. The van der Waals surface area contributed by atoms with Crippen molar-refractivity contribution in [2.24, 2.45) is 0 Å². The highest BCUT2D eigenvalue weighted by atomic mass is 16.5. The summed E-state index contributed by atoms with van der Waals surface area (Å²) >= 11 is 0. The third-order valence-corrected chi connectivity index (χ3v) is 3.06. The SMILES string of the molecule is COc1cc(C)ccc1NC(=O)c1cc(C)ccc1N. The van der Waals surface area contributed by atoms with Crippen molar-refractivity contribution in [2.75, 3.05) is 18.2 Å². The molecule has 0 aliphatic heterocycles. The van der Waals surface area contributed by atoms with Crippen molar-refractivity contribution in [1.82, 2.24) is 0 Å². The van der Waals surface area contributed by atoms with Gasteiger partial charge in [0, 0.05) is 5.69 Å². The summed E-state index contributed by atoms with van der Waals surface area (Å²) in [7, 11) is 1.57. The Morgan fingerprint density at radius 3 is 2.45 bits per heavy atom. The molecule has 0 aliphatic carbocycles. The van der Waals surface area contributed by atoms with Gasteiger partial charge in [-0.1, -0.05) is 17.7 Å². The van der Waals surface area contributed by atoms with E-state index < -0.39 is 0 Å². The number of hydrogen-bond donors (Lipinski definition) is 2. The van der Waals surface area contributed by atoms with Crippen LogP contribution in [-0.2, 0) is 0 Å². The van der Waals surface area contributed by atoms with Gasteiger partial charge in [-0.3, -0.25) is 4.79 Å². The molecule has 0 bridgehead atoms. The molecule has 0 fully saturated rings. The first-order valence-electron chi connectivity index (χ1n) is 6.33. The minimum absolute atomic E-state index is 0.242. The van der Waals surface area contributed by atoms with Crippen LogP contribution in [0.4, 0.5) is 11.4 Å². The van der Waals surface area contributed by atoms with Gasteiger partial charge in [-0.15, -0.1) is 0 Å². The first-order valence-corrected chi connectivity index (χ1v) is 6.33. The molecule has 0 aliphatic rings. The number of hydrogen-bond acceptors (Lipinski definition) is 3.